The number of para-hydroxylation sites is 1. The van der Waals surface area contributed by atoms with Crippen LogP contribution < -0.4 is 4.74 Å². The monoisotopic (exact) mass is 290 g/mol. The molecule has 2 nitrogen and oxygen atoms in total. The fourth-order valence-electron chi connectivity index (χ4n) is 2.78. The van der Waals surface area contributed by atoms with Crippen LogP contribution in [0.5, 0.6) is 5.75 Å². The van der Waals surface area contributed by atoms with Crippen LogP contribution in [0.1, 0.15) is 16.7 Å². The van der Waals surface area contributed by atoms with Gasteiger partial charge >= 0.3 is 0 Å². The lowest BCUT2D eigenvalue weighted by Gasteiger charge is -2.31. The number of hydrogen-bond donors (Lipinski definition) is 1. The molecule has 0 atom stereocenters. The first-order chi connectivity index (χ1) is 10.8. The Bertz CT molecular complexity index is 696. The molecule has 0 bridgehead atoms. The van der Waals surface area contributed by atoms with Crippen molar-refractivity contribution in [2.24, 2.45) is 0 Å². The highest BCUT2D eigenvalue weighted by Gasteiger charge is 2.35. The van der Waals surface area contributed by atoms with Crippen LogP contribution in [-0.2, 0) is 5.60 Å². The maximum absolute atomic E-state index is 11.7. The molecule has 0 amide bonds. The molecule has 0 saturated heterocycles. The van der Waals surface area contributed by atoms with Crippen LogP contribution in [0.3, 0.4) is 0 Å². The van der Waals surface area contributed by atoms with Crippen molar-refractivity contribution >= 4 is 0 Å². The summed E-state index contributed by atoms with van der Waals surface area (Å²) >= 11 is 0. The number of benzene rings is 3. The first-order valence-electron chi connectivity index (χ1n) is 7.23. The van der Waals surface area contributed by atoms with Crippen LogP contribution in [0.4, 0.5) is 0 Å². The van der Waals surface area contributed by atoms with Crippen molar-refractivity contribution in [1.82, 2.24) is 0 Å². The van der Waals surface area contributed by atoms with Gasteiger partial charge in [-0.3, -0.25) is 0 Å². The van der Waals surface area contributed by atoms with E-state index in [1.807, 2.05) is 84.9 Å². The van der Waals surface area contributed by atoms with Crippen molar-refractivity contribution in [1.29, 1.82) is 0 Å². The molecule has 110 valence electrons. The first kappa shape index (κ1) is 14.4. The summed E-state index contributed by atoms with van der Waals surface area (Å²) in [5.41, 5.74) is 1.10. The lowest BCUT2D eigenvalue weighted by atomic mass is 9.80. The van der Waals surface area contributed by atoms with Gasteiger partial charge in [0.1, 0.15) is 11.4 Å². The number of hydrogen-bond acceptors (Lipinski definition) is 2. The molecule has 22 heavy (non-hydrogen) atoms. The van der Waals surface area contributed by atoms with E-state index in [4.69, 9.17) is 4.74 Å². The number of methoxy groups -OCH3 is 1. The van der Waals surface area contributed by atoms with Crippen molar-refractivity contribution in [3.8, 4) is 5.75 Å². The van der Waals surface area contributed by atoms with E-state index in [1.54, 1.807) is 7.11 Å². The molecule has 2 heteroatoms. The summed E-state index contributed by atoms with van der Waals surface area (Å²) in [6.07, 6.45) is 0. The summed E-state index contributed by atoms with van der Waals surface area (Å²) in [5.74, 6) is 0.665. The van der Waals surface area contributed by atoms with Crippen molar-refractivity contribution in [2.45, 2.75) is 5.60 Å². The normalized spacial score (nSPS) is 11.2. The van der Waals surface area contributed by atoms with E-state index in [0.717, 1.165) is 16.7 Å². The molecular formula is C20H18O2. The Morgan fingerprint density at radius 1 is 0.682 bits per heavy atom. The van der Waals surface area contributed by atoms with Gasteiger partial charge < -0.3 is 9.84 Å². The highest BCUT2D eigenvalue weighted by Crippen LogP contribution is 2.40. The van der Waals surface area contributed by atoms with E-state index < -0.39 is 5.60 Å². The molecule has 0 aliphatic carbocycles. The third-order valence-corrected chi connectivity index (χ3v) is 3.88. The van der Waals surface area contributed by atoms with Gasteiger partial charge in [-0.05, 0) is 17.2 Å². The quantitative estimate of drug-likeness (QED) is 0.736. The van der Waals surface area contributed by atoms with Crippen molar-refractivity contribution in [3.63, 3.8) is 0 Å². The van der Waals surface area contributed by atoms with Gasteiger partial charge in [-0.1, -0.05) is 78.9 Å². The Balaban J connectivity index is 2.29. The zero-order valence-corrected chi connectivity index (χ0v) is 12.4. The topological polar surface area (TPSA) is 29.5 Å². The fraction of sp³-hybridized carbons (Fsp3) is 0.100. The van der Waals surface area contributed by atoms with Crippen LogP contribution in [0.15, 0.2) is 84.9 Å². The Kier molecular flexibility index (Phi) is 3.94. The molecule has 3 aromatic carbocycles. The molecule has 1 N–H and O–H groups in total. The Morgan fingerprint density at radius 3 is 1.64 bits per heavy atom. The second kappa shape index (κ2) is 6.04. The SMILES string of the molecule is COc1ccccc1C(O)(c1ccccc1)c1ccccc1. The van der Waals surface area contributed by atoms with E-state index in [-0.39, 0.29) is 0 Å². The molecule has 0 fully saturated rings. The molecule has 0 radical (unpaired) electrons. The first-order valence-corrected chi connectivity index (χ1v) is 7.23. The molecule has 0 spiro atoms. The Hall–Kier alpha value is -2.58. The van der Waals surface area contributed by atoms with Gasteiger partial charge in [0.25, 0.3) is 0 Å². The standard InChI is InChI=1S/C20H18O2/c1-22-19-15-9-8-14-18(19)20(21,16-10-4-2-5-11-16)17-12-6-3-7-13-17/h2-15,21H,1H3. The van der Waals surface area contributed by atoms with E-state index in [1.165, 1.54) is 0 Å². The average molecular weight is 290 g/mol. The number of ether oxygens (including phenoxy) is 1. The molecule has 3 aromatic rings. The minimum absolute atomic E-state index is 0.665. The molecule has 0 aliphatic rings. The summed E-state index contributed by atoms with van der Waals surface area (Å²) < 4.78 is 5.47. The van der Waals surface area contributed by atoms with Gasteiger partial charge in [-0.15, -0.1) is 0 Å². The highest BCUT2D eigenvalue weighted by molar-refractivity contribution is 5.52. The van der Waals surface area contributed by atoms with Crippen molar-refractivity contribution in [3.05, 3.63) is 102 Å². The molecule has 3 rings (SSSR count). The van der Waals surface area contributed by atoms with Gasteiger partial charge in [0.05, 0.1) is 7.11 Å². The lowest BCUT2D eigenvalue weighted by molar-refractivity contribution is 0.122. The molecule has 0 aromatic heterocycles. The largest absolute Gasteiger partial charge is 0.496 e. The fourth-order valence-corrected chi connectivity index (χ4v) is 2.78. The predicted octanol–water partition coefficient (Wildman–Crippen LogP) is 3.98. The van der Waals surface area contributed by atoms with E-state index in [2.05, 4.69) is 0 Å². The summed E-state index contributed by atoms with van der Waals surface area (Å²) in [7, 11) is 1.62. The third kappa shape index (κ3) is 2.38. The predicted molar refractivity (Wildman–Crippen MR) is 88.0 cm³/mol. The van der Waals surface area contributed by atoms with Crippen LogP contribution >= 0.6 is 0 Å². The number of aliphatic hydroxyl groups is 1. The smallest absolute Gasteiger partial charge is 0.144 e. The van der Waals surface area contributed by atoms with E-state index in [9.17, 15) is 5.11 Å². The summed E-state index contributed by atoms with van der Waals surface area (Å²) in [6.45, 7) is 0. The zero-order chi connectivity index (χ0) is 15.4. The molecule has 0 heterocycles. The second-order valence-corrected chi connectivity index (χ2v) is 5.14. The zero-order valence-electron chi connectivity index (χ0n) is 12.4. The molecule has 0 aliphatic heterocycles. The summed E-state index contributed by atoms with van der Waals surface area (Å²) in [6, 6.07) is 26.9. The van der Waals surface area contributed by atoms with Crippen LogP contribution in [0, 0.1) is 0 Å². The maximum Gasteiger partial charge on any atom is 0.144 e. The lowest BCUT2D eigenvalue weighted by Crippen LogP contribution is -2.29. The van der Waals surface area contributed by atoms with Gasteiger partial charge in [0.15, 0.2) is 0 Å². The molecule has 0 unspecified atom stereocenters. The van der Waals surface area contributed by atoms with Gasteiger partial charge in [0.2, 0.25) is 0 Å². The van der Waals surface area contributed by atoms with Crippen molar-refractivity contribution in [2.75, 3.05) is 7.11 Å². The van der Waals surface area contributed by atoms with Gasteiger partial charge in [0, 0.05) is 5.56 Å². The molecule has 0 saturated carbocycles. The third-order valence-electron chi connectivity index (χ3n) is 3.88. The van der Waals surface area contributed by atoms with Gasteiger partial charge in [-0.2, -0.15) is 0 Å². The number of rotatable bonds is 4. The molecular weight excluding hydrogens is 272 g/mol. The van der Waals surface area contributed by atoms with Crippen LogP contribution in [0.2, 0.25) is 0 Å². The Morgan fingerprint density at radius 2 is 1.14 bits per heavy atom. The van der Waals surface area contributed by atoms with E-state index >= 15 is 0 Å². The summed E-state index contributed by atoms with van der Waals surface area (Å²) in [4.78, 5) is 0. The van der Waals surface area contributed by atoms with E-state index in [0.29, 0.717) is 5.75 Å². The minimum atomic E-state index is -1.25. The minimum Gasteiger partial charge on any atom is -0.496 e. The van der Waals surface area contributed by atoms with Gasteiger partial charge in [-0.25, -0.2) is 0 Å². The maximum atomic E-state index is 11.7. The highest BCUT2D eigenvalue weighted by atomic mass is 16.5. The average Bonchev–Trinajstić information content (AvgIpc) is 2.62. The second-order valence-electron chi connectivity index (χ2n) is 5.14. The van der Waals surface area contributed by atoms with Crippen LogP contribution in [-0.4, -0.2) is 12.2 Å². The van der Waals surface area contributed by atoms with Crippen molar-refractivity contribution < 1.29 is 9.84 Å². The summed E-state index contributed by atoms with van der Waals surface area (Å²) in [5, 5.41) is 11.7. The Labute approximate surface area is 130 Å². The van der Waals surface area contributed by atoms with Crippen LogP contribution in [0.25, 0.3) is 0 Å².